The van der Waals surface area contributed by atoms with Crippen LogP contribution in [0.3, 0.4) is 0 Å². The van der Waals surface area contributed by atoms with Crippen LogP contribution < -0.4 is 0 Å². The zero-order valence-corrected chi connectivity index (χ0v) is 11.8. The Bertz CT molecular complexity index is 363. The highest BCUT2D eigenvalue weighted by atomic mass is 16.9. The van der Waals surface area contributed by atoms with E-state index in [0.29, 0.717) is 0 Å². The Morgan fingerprint density at radius 1 is 1.39 bits per heavy atom. The minimum atomic E-state index is -0.780. The molecule has 0 bridgehead atoms. The van der Waals surface area contributed by atoms with Crippen molar-refractivity contribution in [2.75, 3.05) is 6.61 Å². The molecular formula is C13H22N2O3. The first-order valence-corrected chi connectivity index (χ1v) is 5.72. The lowest BCUT2D eigenvalue weighted by atomic mass is 9.90. The third kappa shape index (κ3) is 6.83. The van der Waals surface area contributed by atoms with Crippen LogP contribution in [0.15, 0.2) is 28.9 Å². The molecule has 0 amide bonds. The third-order valence-corrected chi connectivity index (χ3v) is 2.28. The number of hydrogen-bond donors (Lipinski definition) is 0. The Hall–Kier alpha value is -1.65. The number of hydrogen-bond acceptors (Lipinski definition) is 4. The fourth-order valence-corrected chi connectivity index (χ4v) is 1.21. The highest BCUT2D eigenvalue weighted by Crippen LogP contribution is 2.26. The highest BCUT2D eigenvalue weighted by molar-refractivity contribution is 5.32. The van der Waals surface area contributed by atoms with Gasteiger partial charge in [0.05, 0.1) is 0 Å². The molecule has 18 heavy (non-hydrogen) atoms. The van der Waals surface area contributed by atoms with Gasteiger partial charge in [-0.1, -0.05) is 46.8 Å². The summed E-state index contributed by atoms with van der Waals surface area (Å²) < 4.78 is 0. The maximum Gasteiger partial charge on any atom is 0.294 e. The summed E-state index contributed by atoms with van der Waals surface area (Å²) in [5.41, 5.74) is 0.381. The summed E-state index contributed by atoms with van der Waals surface area (Å²) in [6.45, 7) is 13.4. The fraction of sp³-hybridized carbons (Fsp3) is 0.615. The first kappa shape index (κ1) is 16.4. The lowest BCUT2D eigenvalue weighted by Gasteiger charge is -2.19. The third-order valence-electron chi connectivity index (χ3n) is 2.28. The predicted octanol–water partition coefficient (Wildman–Crippen LogP) is 3.41. The minimum absolute atomic E-state index is 0.0245. The molecule has 0 unspecified atom stereocenters. The van der Waals surface area contributed by atoms with Crippen LogP contribution in [0.2, 0.25) is 0 Å². The van der Waals surface area contributed by atoms with Gasteiger partial charge < -0.3 is 4.84 Å². The Balaban J connectivity index is 4.67. The second kappa shape index (κ2) is 6.33. The Morgan fingerprint density at radius 2 is 1.94 bits per heavy atom. The van der Waals surface area contributed by atoms with Crippen LogP contribution in [0.5, 0.6) is 0 Å². The van der Waals surface area contributed by atoms with E-state index < -0.39 is 10.5 Å². The van der Waals surface area contributed by atoms with Gasteiger partial charge in [-0.25, -0.2) is 0 Å². The highest BCUT2D eigenvalue weighted by Gasteiger charge is 2.17. The molecule has 0 N–H and O–H groups in total. The van der Waals surface area contributed by atoms with Gasteiger partial charge in [0, 0.05) is 16.5 Å². The summed E-state index contributed by atoms with van der Waals surface area (Å²) in [5.74, 6) is 0. The van der Waals surface area contributed by atoms with E-state index >= 15 is 0 Å². The molecule has 0 atom stereocenters. The maximum atomic E-state index is 10.1. The molecule has 0 rings (SSSR count). The molecule has 0 aromatic carbocycles. The summed E-state index contributed by atoms with van der Waals surface area (Å²) in [6, 6.07) is 0. The van der Waals surface area contributed by atoms with Crippen molar-refractivity contribution >= 4 is 6.72 Å². The van der Waals surface area contributed by atoms with Gasteiger partial charge in [0.2, 0.25) is 0 Å². The molecule has 0 aromatic rings. The molecule has 0 aliphatic carbocycles. The molecule has 0 saturated carbocycles. The number of nitrogens with zero attached hydrogens (tertiary/aromatic N) is 2. The molecule has 0 saturated heterocycles. The summed E-state index contributed by atoms with van der Waals surface area (Å²) in [7, 11) is 0. The van der Waals surface area contributed by atoms with Crippen LogP contribution in [-0.4, -0.2) is 18.4 Å². The maximum absolute atomic E-state index is 10.1. The van der Waals surface area contributed by atoms with Gasteiger partial charge in [0.1, 0.15) is 6.61 Å². The summed E-state index contributed by atoms with van der Waals surface area (Å²) in [5, 5.41) is 9.35. The van der Waals surface area contributed by atoms with Gasteiger partial charge in [-0.2, -0.15) is 0 Å². The van der Waals surface area contributed by atoms with Crippen molar-refractivity contribution in [1.29, 1.82) is 0 Å². The standard InChI is InChI=1S/C13H22N2O3/c1-12(2,3)11(14-6)8-7-9-13(4,5)10-18-15(16)17/h7-9H,6,10H2,1-5H3/b9-7-,11-8-. The predicted molar refractivity (Wildman–Crippen MR) is 73.0 cm³/mol. The summed E-state index contributed by atoms with van der Waals surface area (Å²) in [4.78, 5) is 18.5. The second-order valence-electron chi connectivity index (χ2n) is 5.80. The van der Waals surface area contributed by atoms with Crippen LogP contribution in [0, 0.1) is 20.9 Å². The van der Waals surface area contributed by atoms with E-state index in [2.05, 4.69) is 16.5 Å². The van der Waals surface area contributed by atoms with Crippen molar-refractivity contribution in [2.24, 2.45) is 15.8 Å². The molecule has 5 nitrogen and oxygen atoms in total. The fourth-order valence-electron chi connectivity index (χ4n) is 1.21. The smallest absolute Gasteiger partial charge is 0.294 e. The van der Waals surface area contributed by atoms with Crippen molar-refractivity contribution in [3.05, 3.63) is 34.0 Å². The van der Waals surface area contributed by atoms with Gasteiger partial charge in [-0.3, -0.25) is 4.99 Å². The average Bonchev–Trinajstić information content (AvgIpc) is 2.20. The number of rotatable bonds is 6. The number of allylic oxidation sites excluding steroid dienone is 3. The van der Waals surface area contributed by atoms with Gasteiger partial charge >= 0.3 is 0 Å². The van der Waals surface area contributed by atoms with Crippen LogP contribution in [0.1, 0.15) is 34.6 Å². The van der Waals surface area contributed by atoms with Crippen molar-refractivity contribution in [1.82, 2.24) is 0 Å². The van der Waals surface area contributed by atoms with Crippen molar-refractivity contribution in [3.8, 4) is 0 Å². The monoisotopic (exact) mass is 254 g/mol. The minimum Gasteiger partial charge on any atom is -0.313 e. The lowest BCUT2D eigenvalue weighted by Crippen LogP contribution is -2.18. The first-order chi connectivity index (χ1) is 8.08. The van der Waals surface area contributed by atoms with Crippen molar-refractivity contribution < 1.29 is 9.92 Å². The molecule has 0 spiro atoms. The molecule has 0 aromatic heterocycles. The zero-order valence-electron chi connectivity index (χ0n) is 11.8. The average molecular weight is 254 g/mol. The molecule has 0 aliphatic rings. The lowest BCUT2D eigenvalue weighted by molar-refractivity contribution is -0.760. The Labute approximate surface area is 108 Å². The van der Waals surface area contributed by atoms with Crippen molar-refractivity contribution in [3.63, 3.8) is 0 Å². The SMILES string of the molecule is C=N/C(=C\C=C/C(C)(C)CO[N+](=O)[O-])C(C)(C)C. The van der Waals surface area contributed by atoms with E-state index in [-0.39, 0.29) is 12.0 Å². The largest absolute Gasteiger partial charge is 0.313 e. The second-order valence-corrected chi connectivity index (χ2v) is 5.80. The van der Waals surface area contributed by atoms with Gasteiger partial charge in [-0.05, 0) is 12.8 Å². The zero-order chi connectivity index (χ0) is 14.4. The van der Waals surface area contributed by atoms with E-state index in [9.17, 15) is 10.1 Å². The van der Waals surface area contributed by atoms with Crippen LogP contribution in [0.25, 0.3) is 0 Å². The summed E-state index contributed by atoms with van der Waals surface area (Å²) >= 11 is 0. The molecule has 0 heterocycles. The molecule has 5 heteroatoms. The van der Waals surface area contributed by atoms with E-state index in [4.69, 9.17) is 0 Å². The topological polar surface area (TPSA) is 64.7 Å². The normalized spacial score (nSPS) is 13.7. The van der Waals surface area contributed by atoms with Crippen LogP contribution >= 0.6 is 0 Å². The van der Waals surface area contributed by atoms with E-state index in [1.807, 2.05) is 52.8 Å². The molecule has 0 aliphatic heterocycles. The molecule has 0 fully saturated rings. The van der Waals surface area contributed by atoms with Crippen molar-refractivity contribution in [2.45, 2.75) is 34.6 Å². The Morgan fingerprint density at radius 3 is 2.33 bits per heavy atom. The van der Waals surface area contributed by atoms with E-state index in [0.717, 1.165) is 5.70 Å². The van der Waals surface area contributed by atoms with Gasteiger partial charge in [-0.15, -0.1) is 10.1 Å². The number of aliphatic imine (C=N–C) groups is 1. The van der Waals surface area contributed by atoms with Crippen LogP contribution in [-0.2, 0) is 4.84 Å². The molecule has 102 valence electrons. The summed E-state index contributed by atoms with van der Waals surface area (Å²) in [6.07, 6.45) is 5.55. The van der Waals surface area contributed by atoms with Gasteiger partial charge in [0.15, 0.2) is 0 Å². The van der Waals surface area contributed by atoms with E-state index in [1.165, 1.54) is 0 Å². The molecular weight excluding hydrogens is 232 g/mol. The van der Waals surface area contributed by atoms with Gasteiger partial charge in [0.25, 0.3) is 5.09 Å². The Kier molecular flexibility index (Phi) is 5.75. The van der Waals surface area contributed by atoms with E-state index in [1.54, 1.807) is 0 Å². The molecule has 0 radical (unpaired) electrons. The quantitative estimate of drug-likeness (QED) is 0.316. The first-order valence-electron chi connectivity index (χ1n) is 5.72. The van der Waals surface area contributed by atoms with Crippen LogP contribution in [0.4, 0.5) is 0 Å².